The van der Waals surface area contributed by atoms with Crippen LogP contribution < -0.4 is 9.62 Å². The van der Waals surface area contributed by atoms with Crippen molar-refractivity contribution in [2.75, 3.05) is 24.2 Å². The molecule has 0 radical (unpaired) electrons. The molecule has 0 heterocycles. The standard InChI is InChI=1S/C23H31N3O4S/c1-16-7-10-20(11-8-16)14-25(19(4)23(28)24-5)22(27)15-26(31(6,29)30)21-12-9-17(2)13-18(21)3/h7-13,19H,14-15H2,1-6H3,(H,24,28)/t19-/m1/s1. The molecule has 0 saturated carbocycles. The summed E-state index contributed by atoms with van der Waals surface area (Å²) in [6.07, 6.45) is 1.08. The molecule has 168 valence electrons. The van der Waals surface area contributed by atoms with Gasteiger partial charge in [0.15, 0.2) is 0 Å². The SMILES string of the molecule is CNC(=O)[C@@H](C)N(Cc1ccc(C)cc1)C(=O)CN(c1ccc(C)cc1C)S(C)(=O)=O. The first-order chi connectivity index (χ1) is 14.4. The number of likely N-dealkylation sites (N-methyl/N-ethyl adjacent to an activating group) is 1. The van der Waals surface area contributed by atoms with Gasteiger partial charge in [0.1, 0.15) is 12.6 Å². The zero-order chi connectivity index (χ0) is 23.3. The van der Waals surface area contributed by atoms with Gasteiger partial charge < -0.3 is 10.2 Å². The number of anilines is 1. The molecule has 8 heteroatoms. The number of amides is 2. The molecule has 1 N–H and O–H groups in total. The van der Waals surface area contributed by atoms with Gasteiger partial charge in [-0.3, -0.25) is 13.9 Å². The van der Waals surface area contributed by atoms with Crippen LogP contribution in [-0.4, -0.2) is 51.0 Å². The van der Waals surface area contributed by atoms with Gasteiger partial charge in [-0.1, -0.05) is 47.5 Å². The molecule has 0 bridgehead atoms. The van der Waals surface area contributed by atoms with Crippen LogP contribution in [0.5, 0.6) is 0 Å². The second kappa shape index (κ2) is 9.96. The van der Waals surface area contributed by atoms with Gasteiger partial charge in [-0.05, 0) is 44.9 Å². The van der Waals surface area contributed by atoms with Crippen LogP contribution in [0.25, 0.3) is 0 Å². The lowest BCUT2D eigenvalue weighted by atomic mass is 10.1. The number of hydrogen-bond acceptors (Lipinski definition) is 4. The highest BCUT2D eigenvalue weighted by atomic mass is 32.2. The van der Waals surface area contributed by atoms with Crippen LogP contribution in [0.1, 0.15) is 29.2 Å². The molecule has 2 amide bonds. The van der Waals surface area contributed by atoms with Crippen molar-refractivity contribution in [3.8, 4) is 0 Å². The van der Waals surface area contributed by atoms with E-state index in [9.17, 15) is 18.0 Å². The Morgan fingerprint density at radius 1 is 1.00 bits per heavy atom. The highest BCUT2D eigenvalue weighted by Gasteiger charge is 2.30. The third-order valence-electron chi connectivity index (χ3n) is 5.19. The van der Waals surface area contributed by atoms with Crippen LogP contribution in [0.3, 0.4) is 0 Å². The number of carbonyl (C=O) groups is 2. The second-order valence-electron chi connectivity index (χ2n) is 7.86. The molecule has 0 fully saturated rings. The third-order valence-corrected chi connectivity index (χ3v) is 6.31. The number of benzene rings is 2. The van der Waals surface area contributed by atoms with Gasteiger partial charge in [-0.15, -0.1) is 0 Å². The Hall–Kier alpha value is -2.87. The fourth-order valence-corrected chi connectivity index (χ4v) is 4.27. The molecule has 2 aromatic rings. The van der Waals surface area contributed by atoms with E-state index in [1.807, 2.05) is 57.2 Å². The summed E-state index contributed by atoms with van der Waals surface area (Å²) < 4.78 is 26.2. The van der Waals surface area contributed by atoms with E-state index in [0.29, 0.717) is 5.69 Å². The second-order valence-corrected chi connectivity index (χ2v) is 9.76. The number of rotatable bonds is 8. The van der Waals surface area contributed by atoms with E-state index in [-0.39, 0.29) is 12.5 Å². The summed E-state index contributed by atoms with van der Waals surface area (Å²) in [5.74, 6) is -0.778. The third kappa shape index (κ3) is 6.30. The monoisotopic (exact) mass is 445 g/mol. The van der Waals surface area contributed by atoms with E-state index in [1.165, 1.54) is 11.9 Å². The van der Waals surface area contributed by atoms with Gasteiger partial charge >= 0.3 is 0 Å². The minimum atomic E-state index is -3.73. The van der Waals surface area contributed by atoms with E-state index in [1.54, 1.807) is 13.0 Å². The molecule has 2 rings (SSSR count). The number of hydrogen-bond donors (Lipinski definition) is 1. The van der Waals surface area contributed by atoms with Crippen molar-refractivity contribution in [2.45, 2.75) is 40.3 Å². The van der Waals surface area contributed by atoms with E-state index in [4.69, 9.17) is 0 Å². The van der Waals surface area contributed by atoms with Gasteiger partial charge in [0.2, 0.25) is 21.8 Å². The summed E-state index contributed by atoms with van der Waals surface area (Å²) in [6.45, 7) is 7.12. The van der Waals surface area contributed by atoms with E-state index >= 15 is 0 Å². The van der Waals surface area contributed by atoms with Crippen molar-refractivity contribution in [3.63, 3.8) is 0 Å². The molecule has 0 aliphatic rings. The van der Waals surface area contributed by atoms with E-state index in [0.717, 1.165) is 32.8 Å². The Labute approximate surface area is 185 Å². The minimum Gasteiger partial charge on any atom is -0.357 e. The first-order valence-corrected chi connectivity index (χ1v) is 11.9. The highest BCUT2D eigenvalue weighted by Crippen LogP contribution is 2.24. The maximum absolute atomic E-state index is 13.3. The molecular formula is C23H31N3O4S. The Morgan fingerprint density at radius 2 is 1.58 bits per heavy atom. The lowest BCUT2D eigenvalue weighted by Gasteiger charge is -2.31. The maximum Gasteiger partial charge on any atom is 0.244 e. The van der Waals surface area contributed by atoms with E-state index in [2.05, 4.69) is 5.32 Å². The number of aryl methyl sites for hydroxylation is 3. The van der Waals surface area contributed by atoms with Crippen LogP contribution >= 0.6 is 0 Å². The summed E-state index contributed by atoms with van der Waals surface area (Å²) in [5, 5.41) is 2.56. The Morgan fingerprint density at radius 3 is 2.10 bits per heavy atom. The van der Waals surface area contributed by atoms with Crippen molar-refractivity contribution in [1.82, 2.24) is 10.2 Å². The number of nitrogens with one attached hydrogen (secondary N) is 1. The summed E-state index contributed by atoms with van der Waals surface area (Å²) >= 11 is 0. The fourth-order valence-electron chi connectivity index (χ4n) is 3.36. The molecule has 0 spiro atoms. The molecule has 0 unspecified atom stereocenters. The molecule has 2 aromatic carbocycles. The van der Waals surface area contributed by atoms with Gasteiger partial charge in [-0.2, -0.15) is 0 Å². The van der Waals surface area contributed by atoms with Crippen molar-refractivity contribution < 1.29 is 18.0 Å². The zero-order valence-corrected chi connectivity index (χ0v) is 19.8. The Kier molecular flexibility index (Phi) is 7.84. The van der Waals surface area contributed by atoms with Gasteiger partial charge in [0.05, 0.1) is 11.9 Å². The Balaban J connectivity index is 2.40. The molecule has 0 saturated heterocycles. The van der Waals surface area contributed by atoms with Crippen LogP contribution in [0.4, 0.5) is 5.69 Å². The van der Waals surface area contributed by atoms with Crippen molar-refractivity contribution in [3.05, 3.63) is 64.7 Å². The largest absolute Gasteiger partial charge is 0.357 e. The lowest BCUT2D eigenvalue weighted by Crippen LogP contribution is -2.50. The number of sulfonamides is 1. The summed E-state index contributed by atoms with van der Waals surface area (Å²) in [7, 11) is -2.22. The van der Waals surface area contributed by atoms with Crippen LogP contribution in [-0.2, 0) is 26.2 Å². The summed E-state index contributed by atoms with van der Waals surface area (Å²) in [4.78, 5) is 27.0. The van der Waals surface area contributed by atoms with Crippen LogP contribution in [0.15, 0.2) is 42.5 Å². The quantitative estimate of drug-likeness (QED) is 0.677. The van der Waals surface area contributed by atoms with Crippen molar-refractivity contribution in [2.24, 2.45) is 0 Å². The van der Waals surface area contributed by atoms with Crippen LogP contribution in [0.2, 0.25) is 0 Å². The number of nitrogens with zero attached hydrogens (tertiary/aromatic N) is 2. The first-order valence-electron chi connectivity index (χ1n) is 10.1. The molecule has 0 aliphatic heterocycles. The Bertz CT molecular complexity index is 1050. The summed E-state index contributed by atoms with van der Waals surface area (Å²) in [6, 6.07) is 12.3. The average molecular weight is 446 g/mol. The fraction of sp³-hybridized carbons (Fsp3) is 0.391. The van der Waals surface area contributed by atoms with Crippen molar-refractivity contribution >= 4 is 27.5 Å². The normalized spacial score (nSPS) is 12.2. The highest BCUT2D eigenvalue weighted by molar-refractivity contribution is 7.92. The first kappa shape index (κ1) is 24.4. The molecular weight excluding hydrogens is 414 g/mol. The van der Waals surface area contributed by atoms with Gasteiger partial charge in [0, 0.05) is 13.6 Å². The van der Waals surface area contributed by atoms with Crippen LogP contribution in [0, 0.1) is 20.8 Å². The lowest BCUT2D eigenvalue weighted by molar-refractivity contribution is -0.139. The molecule has 7 nitrogen and oxygen atoms in total. The average Bonchev–Trinajstić information content (AvgIpc) is 2.70. The smallest absolute Gasteiger partial charge is 0.244 e. The number of carbonyl (C=O) groups excluding carboxylic acids is 2. The van der Waals surface area contributed by atoms with Gasteiger partial charge in [0.25, 0.3) is 0 Å². The molecule has 0 aromatic heterocycles. The van der Waals surface area contributed by atoms with Crippen molar-refractivity contribution in [1.29, 1.82) is 0 Å². The minimum absolute atomic E-state index is 0.193. The molecule has 31 heavy (non-hydrogen) atoms. The zero-order valence-electron chi connectivity index (χ0n) is 19.0. The molecule has 1 atom stereocenters. The maximum atomic E-state index is 13.3. The van der Waals surface area contributed by atoms with Gasteiger partial charge in [-0.25, -0.2) is 8.42 Å². The van der Waals surface area contributed by atoms with E-state index < -0.39 is 28.5 Å². The predicted octanol–water partition coefficient (Wildman–Crippen LogP) is 2.54. The molecule has 0 aliphatic carbocycles. The predicted molar refractivity (Wildman–Crippen MR) is 123 cm³/mol. The summed E-state index contributed by atoms with van der Waals surface area (Å²) in [5.41, 5.74) is 4.13. The topological polar surface area (TPSA) is 86.8 Å².